The minimum absolute atomic E-state index is 0.246. The third kappa shape index (κ3) is 3.53. The first-order valence-electron chi connectivity index (χ1n) is 8.70. The first-order chi connectivity index (χ1) is 9.81. The predicted octanol–water partition coefficient (Wildman–Crippen LogP) is 3.85. The van der Waals surface area contributed by atoms with Crippen LogP contribution in [-0.2, 0) is 4.74 Å². The third-order valence-corrected chi connectivity index (χ3v) is 7.12. The fraction of sp³-hybridized carbons (Fsp3) is 1.00. The molecule has 0 aromatic heterocycles. The van der Waals surface area contributed by atoms with Crippen LogP contribution in [0.1, 0.15) is 57.8 Å². The Bertz CT molecular complexity index is 297. The summed E-state index contributed by atoms with van der Waals surface area (Å²) in [6.07, 6.45) is 12.6. The second kappa shape index (κ2) is 7.02. The van der Waals surface area contributed by atoms with Gasteiger partial charge in [-0.25, -0.2) is 0 Å². The van der Waals surface area contributed by atoms with Crippen LogP contribution >= 0.6 is 11.8 Å². The Balaban J connectivity index is 1.51. The van der Waals surface area contributed by atoms with Gasteiger partial charge in [0, 0.05) is 18.4 Å². The van der Waals surface area contributed by atoms with Crippen molar-refractivity contribution in [2.24, 2.45) is 11.8 Å². The zero-order valence-corrected chi connectivity index (χ0v) is 13.9. The zero-order valence-electron chi connectivity index (χ0n) is 13.0. The molecule has 1 saturated carbocycles. The van der Waals surface area contributed by atoms with Crippen molar-refractivity contribution in [3.8, 4) is 0 Å². The van der Waals surface area contributed by atoms with Crippen molar-refractivity contribution in [3.05, 3.63) is 0 Å². The highest BCUT2D eigenvalue weighted by Crippen LogP contribution is 2.42. The minimum Gasteiger partial charge on any atom is -0.374 e. The Labute approximate surface area is 128 Å². The third-order valence-electron chi connectivity index (χ3n) is 5.90. The Morgan fingerprint density at radius 1 is 1.30 bits per heavy atom. The normalized spacial score (nSPS) is 36.8. The maximum Gasteiger partial charge on any atom is 0.0783 e. The molecule has 2 heterocycles. The van der Waals surface area contributed by atoms with Gasteiger partial charge in [-0.15, -0.1) is 0 Å². The molecule has 3 unspecified atom stereocenters. The van der Waals surface area contributed by atoms with Gasteiger partial charge in [-0.3, -0.25) is 0 Å². The molecule has 1 spiro atoms. The van der Waals surface area contributed by atoms with Gasteiger partial charge in [-0.2, -0.15) is 11.8 Å². The van der Waals surface area contributed by atoms with Gasteiger partial charge in [-0.1, -0.05) is 25.7 Å². The topological polar surface area (TPSA) is 21.3 Å². The van der Waals surface area contributed by atoms with Crippen LogP contribution in [0.25, 0.3) is 0 Å². The summed E-state index contributed by atoms with van der Waals surface area (Å²) in [6.45, 7) is 0.993. The van der Waals surface area contributed by atoms with Gasteiger partial charge in [0.25, 0.3) is 0 Å². The van der Waals surface area contributed by atoms with Crippen LogP contribution in [0.2, 0.25) is 0 Å². The molecule has 3 rings (SSSR count). The predicted molar refractivity (Wildman–Crippen MR) is 87.4 cm³/mol. The Kier molecular flexibility index (Phi) is 5.33. The van der Waals surface area contributed by atoms with Crippen molar-refractivity contribution in [2.45, 2.75) is 69.4 Å². The van der Waals surface area contributed by atoms with E-state index in [1.54, 1.807) is 0 Å². The van der Waals surface area contributed by atoms with Gasteiger partial charge in [0.15, 0.2) is 0 Å². The second-order valence-electron chi connectivity index (χ2n) is 7.21. The van der Waals surface area contributed by atoms with Crippen LogP contribution < -0.4 is 5.32 Å². The lowest BCUT2D eigenvalue weighted by Gasteiger charge is -2.41. The average Bonchev–Trinajstić information content (AvgIpc) is 3.12. The Hall–Kier alpha value is 0.270. The van der Waals surface area contributed by atoms with Crippen molar-refractivity contribution < 1.29 is 4.74 Å². The summed E-state index contributed by atoms with van der Waals surface area (Å²) < 4.78 is 6.18. The standard InChI is InChI=1S/C17H31NOS/c1-18-16(7-6-14-4-2-3-5-14)15-8-10-19-17(12-15)9-11-20-13-17/h14-16,18H,2-13H2,1H3. The molecule has 116 valence electrons. The summed E-state index contributed by atoms with van der Waals surface area (Å²) in [6, 6.07) is 0.724. The second-order valence-corrected chi connectivity index (χ2v) is 8.32. The van der Waals surface area contributed by atoms with E-state index in [9.17, 15) is 0 Å². The van der Waals surface area contributed by atoms with Crippen LogP contribution in [0, 0.1) is 11.8 Å². The van der Waals surface area contributed by atoms with Crippen molar-refractivity contribution in [1.29, 1.82) is 0 Å². The van der Waals surface area contributed by atoms with Crippen LogP contribution in [0.4, 0.5) is 0 Å². The quantitative estimate of drug-likeness (QED) is 0.833. The smallest absolute Gasteiger partial charge is 0.0783 e. The summed E-state index contributed by atoms with van der Waals surface area (Å²) in [7, 11) is 2.17. The Morgan fingerprint density at radius 3 is 2.85 bits per heavy atom. The van der Waals surface area contributed by atoms with Crippen LogP contribution in [0.15, 0.2) is 0 Å². The highest BCUT2D eigenvalue weighted by Gasteiger charge is 2.42. The van der Waals surface area contributed by atoms with Gasteiger partial charge < -0.3 is 10.1 Å². The lowest BCUT2D eigenvalue weighted by molar-refractivity contribution is -0.0853. The molecule has 3 aliphatic rings. The van der Waals surface area contributed by atoms with E-state index in [0.717, 1.165) is 24.5 Å². The lowest BCUT2D eigenvalue weighted by atomic mass is 9.79. The molecule has 0 aromatic carbocycles. The summed E-state index contributed by atoms with van der Waals surface area (Å²) in [5, 5.41) is 3.64. The zero-order chi connectivity index (χ0) is 13.8. The largest absolute Gasteiger partial charge is 0.374 e. The van der Waals surface area contributed by atoms with Gasteiger partial charge in [-0.05, 0) is 56.7 Å². The molecule has 0 radical (unpaired) electrons. The van der Waals surface area contributed by atoms with Crippen molar-refractivity contribution in [3.63, 3.8) is 0 Å². The molecule has 0 amide bonds. The molecular formula is C17H31NOS. The van der Waals surface area contributed by atoms with E-state index in [1.807, 2.05) is 0 Å². The molecule has 2 aliphatic heterocycles. The first kappa shape index (κ1) is 15.2. The first-order valence-corrected chi connectivity index (χ1v) is 9.86. The van der Waals surface area contributed by atoms with E-state index >= 15 is 0 Å². The van der Waals surface area contributed by atoms with Crippen LogP contribution in [-0.4, -0.2) is 36.8 Å². The van der Waals surface area contributed by atoms with Gasteiger partial charge in [0.2, 0.25) is 0 Å². The van der Waals surface area contributed by atoms with E-state index in [-0.39, 0.29) is 5.60 Å². The van der Waals surface area contributed by atoms with Crippen LogP contribution in [0.5, 0.6) is 0 Å². The summed E-state index contributed by atoms with van der Waals surface area (Å²) in [5.41, 5.74) is 0.246. The molecule has 0 bridgehead atoms. The maximum absolute atomic E-state index is 6.18. The molecule has 3 heteroatoms. The SMILES string of the molecule is CNC(CCC1CCCC1)C1CCOC2(CCSC2)C1. The maximum atomic E-state index is 6.18. The van der Waals surface area contributed by atoms with E-state index in [0.29, 0.717) is 0 Å². The van der Waals surface area contributed by atoms with Gasteiger partial charge in [0.05, 0.1) is 5.60 Å². The summed E-state index contributed by atoms with van der Waals surface area (Å²) in [5.74, 6) is 4.41. The van der Waals surface area contributed by atoms with Gasteiger partial charge >= 0.3 is 0 Å². The van der Waals surface area contributed by atoms with E-state index < -0.39 is 0 Å². The number of ether oxygens (including phenoxy) is 1. The van der Waals surface area contributed by atoms with Gasteiger partial charge in [0.1, 0.15) is 0 Å². The lowest BCUT2D eigenvalue weighted by Crippen LogP contribution is -2.46. The molecule has 3 fully saturated rings. The van der Waals surface area contributed by atoms with Crippen molar-refractivity contribution in [2.75, 3.05) is 25.2 Å². The molecule has 2 nitrogen and oxygen atoms in total. The van der Waals surface area contributed by atoms with Crippen molar-refractivity contribution in [1.82, 2.24) is 5.32 Å². The molecule has 1 N–H and O–H groups in total. The fourth-order valence-electron chi connectivity index (χ4n) is 4.60. The summed E-state index contributed by atoms with van der Waals surface area (Å²) in [4.78, 5) is 0. The van der Waals surface area contributed by atoms with Crippen LogP contribution in [0.3, 0.4) is 0 Å². The highest BCUT2D eigenvalue weighted by atomic mass is 32.2. The minimum atomic E-state index is 0.246. The molecule has 1 aliphatic carbocycles. The van der Waals surface area contributed by atoms with Crippen molar-refractivity contribution >= 4 is 11.8 Å². The molecule has 2 saturated heterocycles. The monoisotopic (exact) mass is 297 g/mol. The number of nitrogens with one attached hydrogen (secondary N) is 1. The van der Waals surface area contributed by atoms with E-state index in [4.69, 9.17) is 4.74 Å². The number of thioether (sulfide) groups is 1. The van der Waals surface area contributed by atoms with E-state index in [1.165, 1.54) is 69.3 Å². The average molecular weight is 298 g/mol. The van der Waals surface area contributed by atoms with E-state index in [2.05, 4.69) is 24.1 Å². The molecular weight excluding hydrogens is 266 g/mol. The fourth-order valence-corrected chi connectivity index (χ4v) is 5.98. The number of rotatable bonds is 5. The Morgan fingerprint density at radius 2 is 2.15 bits per heavy atom. The number of hydrogen-bond acceptors (Lipinski definition) is 3. The summed E-state index contributed by atoms with van der Waals surface area (Å²) >= 11 is 2.09. The molecule has 20 heavy (non-hydrogen) atoms. The molecule has 0 aromatic rings. The highest BCUT2D eigenvalue weighted by molar-refractivity contribution is 7.99. The number of hydrogen-bond donors (Lipinski definition) is 1. The molecule has 3 atom stereocenters.